The third kappa shape index (κ3) is 3.74. The van der Waals surface area contributed by atoms with Gasteiger partial charge in [-0.3, -0.25) is 4.79 Å². The number of rotatable bonds is 3. The maximum atomic E-state index is 13.3. The molecule has 2 aromatic rings. The van der Waals surface area contributed by atoms with Crippen LogP contribution in [0.3, 0.4) is 0 Å². The third-order valence-corrected chi connectivity index (χ3v) is 8.38. The van der Waals surface area contributed by atoms with Gasteiger partial charge in [0.2, 0.25) is 0 Å². The van der Waals surface area contributed by atoms with Gasteiger partial charge in [-0.15, -0.1) is 0 Å². The zero-order valence-electron chi connectivity index (χ0n) is 21.8. The van der Waals surface area contributed by atoms with Gasteiger partial charge in [-0.1, -0.05) is 48.5 Å². The molecule has 3 aliphatic heterocycles. The van der Waals surface area contributed by atoms with Gasteiger partial charge < -0.3 is 29.1 Å². The molecule has 2 atom stereocenters. The number of fused-ring (bicyclic) bond motifs is 5. The van der Waals surface area contributed by atoms with E-state index in [1.54, 1.807) is 20.8 Å². The van der Waals surface area contributed by atoms with Crippen molar-refractivity contribution in [1.29, 1.82) is 0 Å². The summed E-state index contributed by atoms with van der Waals surface area (Å²) in [6.07, 6.45) is -0.980. The molecule has 0 saturated carbocycles. The molecule has 200 valence electrons. The molecule has 1 aliphatic carbocycles. The first kappa shape index (κ1) is 24.7. The van der Waals surface area contributed by atoms with Crippen LogP contribution < -0.4 is 0 Å². The standard InChI is InChI=1S/C29H32N2O7/c1-27(2,3)38-26(35)31-15-29(16-31)23-12-30(14-28(23,17-37-29)24(32)33)25(34)36-13-22-20-10-6-4-8-18(20)19-9-5-7-11-21(19)22/h4-11,22-23H,12-17H2,1-3H3,(H,32,33)/t23-,28+/m0/s1. The number of amides is 2. The number of likely N-dealkylation sites (tertiary alicyclic amines) is 2. The Morgan fingerprint density at radius 1 is 0.947 bits per heavy atom. The van der Waals surface area contributed by atoms with E-state index >= 15 is 0 Å². The fraction of sp³-hybridized carbons (Fsp3) is 0.483. The minimum atomic E-state index is -1.23. The summed E-state index contributed by atoms with van der Waals surface area (Å²) in [5.41, 5.74) is 1.85. The van der Waals surface area contributed by atoms with E-state index in [-0.39, 0.29) is 45.3 Å². The number of hydrogen-bond acceptors (Lipinski definition) is 6. The van der Waals surface area contributed by atoms with E-state index in [1.165, 1.54) is 9.80 Å². The summed E-state index contributed by atoms with van der Waals surface area (Å²) in [4.78, 5) is 41.2. The Bertz CT molecular complexity index is 1270. The van der Waals surface area contributed by atoms with Gasteiger partial charge in [0.15, 0.2) is 0 Å². The van der Waals surface area contributed by atoms with Gasteiger partial charge in [-0.2, -0.15) is 0 Å². The van der Waals surface area contributed by atoms with Crippen LogP contribution in [-0.2, 0) is 19.0 Å². The molecule has 1 N–H and O–H groups in total. The minimum absolute atomic E-state index is 0.0116. The maximum Gasteiger partial charge on any atom is 0.410 e. The van der Waals surface area contributed by atoms with E-state index in [1.807, 2.05) is 24.3 Å². The number of carboxylic acid groups (broad SMARTS) is 1. The van der Waals surface area contributed by atoms with Crippen molar-refractivity contribution in [2.24, 2.45) is 11.3 Å². The first-order valence-corrected chi connectivity index (χ1v) is 13.0. The number of carbonyl (C=O) groups is 3. The number of aliphatic carboxylic acids is 1. The molecule has 38 heavy (non-hydrogen) atoms. The number of carboxylic acids is 1. The van der Waals surface area contributed by atoms with Gasteiger partial charge >= 0.3 is 18.2 Å². The SMILES string of the molecule is CC(C)(C)OC(=O)N1CC2(C1)OC[C@]1(C(=O)O)CN(C(=O)OCC3c4ccccc4-c4ccccc43)C[C@H]21. The Hall–Kier alpha value is -3.59. The molecule has 3 saturated heterocycles. The largest absolute Gasteiger partial charge is 0.481 e. The van der Waals surface area contributed by atoms with Crippen LogP contribution in [0.4, 0.5) is 9.59 Å². The lowest BCUT2D eigenvalue weighted by Gasteiger charge is -2.50. The van der Waals surface area contributed by atoms with E-state index < -0.39 is 40.7 Å². The highest BCUT2D eigenvalue weighted by molar-refractivity contribution is 5.81. The Labute approximate surface area is 221 Å². The summed E-state index contributed by atoms with van der Waals surface area (Å²) in [6, 6.07) is 16.2. The van der Waals surface area contributed by atoms with Crippen molar-refractivity contribution in [3.05, 3.63) is 59.7 Å². The summed E-state index contributed by atoms with van der Waals surface area (Å²) in [5.74, 6) is -1.53. The number of hydrogen-bond donors (Lipinski definition) is 1. The van der Waals surface area contributed by atoms with E-state index in [0.717, 1.165) is 22.3 Å². The predicted molar refractivity (Wildman–Crippen MR) is 137 cm³/mol. The Balaban J connectivity index is 1.15. The van der Waals surface area contributed by atoms with Gasteiger partial charge in [0.05, 0.1) is 19.7 Å². The van der Waals surface area contributed by atoms with E-state index in [2.05, 4.69) is 24.3 Å². The van der Waals surface area contributed by atoms with Crippen molar-refractivity contribution in [1.82, 2.24) is 9.80 Å². The molecular weight excluding hydrogens is 488 g/mol. The Morgan fingerprint density at radius 3 is 2.13 bits per heavy atom. The second-order valence-electron chi connectivity index (χ2n) is 11.9. The van der Waals surface area contributed by atoms with Crippen LogP contribution in [0.25, 0.3) is 11.1 Å². The van der Waals surface area contributed by atoms with Crippen LogP contribution in [0.5, 0.6) is 0 Å². The summed E-state index contributed by atoms with van der Waals surface area (Å²) in [5, 5.41) is 10.2. The van der Waals surface area contributed by atoms with Gasteiger partial charge in [0.25, 0.3) is 0 Å². The van der Waals surface area contributed by atoms with Crippen molar-refractivity contribution in [2.45, 2.75) is 37.9 Å². The fourth-order valence-electron chi connectivity index (χ4n) is 6.57. The monoisotopic (exact) mass is 520 g/mol. The molecule has 0 radical (unpaired) electrons. The zero-order chi connectivity index (χ0) is 26.9. The van der Waals surface area contributed by atoms with Gasteiger partial charge in [-0.05, 0) is 43.0 Å². The Morgan fingerprint density at radius 2 is 1.55 bits per heavy atom. The molecule has 2 amide bonds. The van der Waals surface area contributed by atoms with E-state index in [9.17, 15) is 19.5 Å². The van der Waals surface area contributed by atoms with Crippen molar-refractivity contribution in [3.8, 4) is 11.1 Å². The highest BCUT2D eigenvalue weighted by atomic mass is 16.6. The number of carbonyl (C=O) groups excluding carboxylic acids is 2. The normalized spacial score (nSPS) is 25.0. The Kier molecular flexibility index (Phi) is 5.51. The van der Waals surface area contributed by atoms with Crippen molar-refractivity contribution in [2.75, 3.05) is 39.4 Å². The van der Waals surface area contributed by atoms with Crippen LogP contribution in [0.15, 0.2) is 48.5 Å². The number of nitrogens with zero attached hydrogens (tertiary/aromatic N) is 2. The van der Waals surface area contributed by atoms with E-state index in [0.29, 0.717) is 0 Å². The van der Waals surface area contributed by atoms with Crippen LogP contribution in [0.1, 0.15) is 37.8 Å². The predicted octanol–water partition coefficient (Wildman–Crippen LogP) is 3.96. The van der Waals surface area contributed by atoms with Crippen molar-refractivity contribution >= 4 is 18.2 Å². The average molecular weight is 521 g/mol. The van der Waals surface area contributed by atoms with Gasteiger partial charge in [0, 0.05) is 24.9 Å². The van der Waals surface area contributed by atoms with Gasteiger partial charge in [0.1, 0.15) is 23.2 Å². The lowest BCUT2D eigenvalue weighted by molar-refractivity contribution is -0.149. The average Bonchev–Trinajstić information content (AvgIpc) is 3.48. The van der Waals surface area contributed by atoms with Crippen LogP contribution in [0.2, 0.25) is 0 Å². The smallest absolute Gasteiger partial charge is 0.410 e. The molecule has 0 bridgehead atoms. The molecule has 9 nitrogen and oxygen atoms in total. The third-order valence-electron chi connectivity index (χ3n) is 8.38. The molecule has 0 unspecified atom stereocenters. The summed E-state index contributed by atoms with van der Waals surface area (Å²) < 4.78 is 17.3. The first-order chi connectivity index (χ1) is 18.0. The van der Waals surface area contributed by atoms with Crippen molar-refractivity contribution in [3.63, 3.8) is 0 Å². The molecule has 3 heterocycles. The minimum Gasteiger partial charge on any atom is -0.481 e. The second kappa shape index (κ2) is 8.46. The molecule has 2 aromatic carbocycles. The van der Waals surface area contributed by atoms with E-state index in [4.69, 9.17) is 14.2 Å². The second-order valence-corrected chi connectivity index (χ2v) is 11.9. The fourth-order valence-corrected chi connectivity index (χ4v) is 6.57. The lowest BCUT2D eigenvalue weighted by atomic mass is 9.69. The maximum absolute atomic E-state index is 13.3. The topological polar surface area (TPSA) is 106 Å². The van der Waals surface area contributed by atoms with Crippen LogP contribution in [0, 0.1) is 11.3 Å². The molecule has 9 heteroatoms. The lowest BCUT2D eigenvalue weighted by Crippen LogP contribution is -2.68. The highest BCUT2D eigenvalue weighted by Crippen LogP contribution is 2.54. The zero-order valence-corrected chi connectivity index (χ0v) is 21.8. The van der Waals surface area contributed by atoms with Crippen molar-refractivity contribution < 1.29 is 33.7 Å². The first-order valence-electron chi connectivity index (χ1n) is 13.0. The molecule has 1 spiro atoms. The number of benzene rings is 2. The highest BCUT2D eigenvalue weighted by Gasteiger charge is 2.70. The van der Waals surface area contributed by atoms with Gasteiger partial charge in [-0.25, -0.2) is 9.59 Å². The summed E-state index contributed by atoms with van der Waals surface area (Å²) >= 11 is 0. The summed E-state index contributed by atoms with van der Waals surface area (Å²) in [6.45, 7) is 6.23. The quantitative estimate of drug-likeness (QED) is 0.653. The molecule has 3 fully saturated rings. The number of ether oxygens (including phenoxy) is 3. The van der Waals surface area contributed by atoms with Crippen LogP contribution >= 0.6 is 0 Å². The molecule has 0 aromatic heterocycles. The van der Waals surface area contributed by atoms with Crippen LogP contribution in [-0.4, -0.2) is 83.7 Å². The molecular formula is C29H32N2O7. The molecule has 4 aliphatic rings. The molecule has 6 rings (SSSR count). The summed E-state index contributed by atoms with van der Waals surface area (Å²) in [7, 11) is 0.